The molecule has 0 N–H and O–H groups in total. The van der Waals surface area contributed by atoms with E-state index in [1.54, 1.807) is 0 Å². The third kappa shape index (κ3) is 17.6. The number of nitrogens with zero attached hydrogens (tertiary/aromatic N) is 6. The van der Waals surface area contributed by atoms with Gasteiger partial charge in [0.25, 0.3) is 0 Å². The molecule has 0 saturated heterocycles. The fourth-order valence-electron chi connectivity index (χ4n) is 12.4. The zero-order chi connectivity index (χ0) is 58.7. The lowest BCUT2D eigenvalue weighted by Crippen LogP contribution is -2.25. The van der Waals surface area contributed by atoms with Gasteiger partial charge in [-0.25, -0.2) is 0 Å². The number of ether oxygens (including phenoxy) is 2. The first-order chi connectivity index (χ1) is 42.0. The Morgan fingerprint density at radius 3 is 0.965 bits per heavy atom. The summed E-state index contributed by atoms with van der Waals surface area (Å²) in [5, 5.41) is 17.7. The van der Waals surface area contributed by atoms with E-state index in [4.69, 9.17) is 28.3 Å². The highest BCUT2D eigenvalue weighted by molar-refractivity contribution is 5.86. The van der Waals surface area contributed by atoms with Crippen molar-refractivity contribution in [3.8, 4) is 91.0 Å². The highest BCUT2D eigenvalue weighted by Gasteiger charge is 2.43. The first-order valence-corrected chi connectivity index (χ1v) is 33.4. The number of aromatic nitrogens is 6. The van der Waals surface area contributed by atoms with Gasteiger partial charge >= 0.3 is 0 Å². The van der Waals surface area contributed by atoms with Crippen molar-refractivity contribution in [2.45, 2.75) is 226 Å². The average molecular weight is 1150 g/mol. The van der Waals surface area contributed by atoms with Gasteiger partial charge in [0, 0.05) is 40.1 Å². The van der Waals surface area contributed by atoms with Crippen molar-refractivity contribution in [1.29, 1.82) is 0 Å². The van der Waals surface area contributed by atoms with E-state index in [0.29, 0.717) is 23.6 Å². The number of benzene rings is 4. The van der Waals surface area contributed by atoms with Crippen LogP contribution in [0.15, 0.2) is 130 Å². The molecule has 85 heavy (non-hydrogen) atoms. The minimum absolute atomic E-state index is 0.146. The van der Waals surface area contributed by atoms with E-state index in [9.17, 15) is 0 Å². The molecule has 10 heteroatoms. The molecule has 0 fully saturated rings. The van der Waals surface area contributed by atoms with Crippen LogP contribution in [0.4, 0.5) is 0 Å². The van der Waals surface area contributed by atoms with Crippen molar-refractivity contribution in [3.05, 3.63) is 133 Å². The molecular formula is C75H96N6O4. The molecule has 4 aromatic carbocycles. The lowest BCUT2D eigenvalue weighted by molar-refractivity contribution is 0.304. The summed E-state index contributed by atoms with van der Waals surface area (Å²) in [4.78, 5) is 10.1. The molecule has 0 unspecified atom stereocenters. The molecule has 1 aliphatic rings. The Kier molecular flexibility index (Phi) is 24.8. The van der Waals surface area contributed by atoms with Crippen LogP contribution in [0, 0.1) is 0 Å². The number of fused-ring (bicyclic) bond motifs is 3. The summed E-state index contributed by atoms with van der Waals surface area (Å²) in [6.07, 6.45) is 41.8. The summed E-state index contributed by atoms with van der Waals surface area (Å²) in [6, 6.07) is 38.2. The summed E-state index contributed by atoms with van der Waals surface area (Å²) >= 11 is 0. The quantitative estimate of drug-likeness (QED) is 0.0343. The van der Waals surface area contributed by atoms with Gasteiger partial charge in [-0.2, -0.15) is 0 Å². The van der Waals surface area contributed by atoms with Crippen LogP contribution in [0.1, 0.15) is 231 Å². The minimum Gasteiger partial charge on any atom is -0.494 e. The van der Waals surface area contributed by atoms with Crippen LogP contribution in [-0.4, -0.2) is 43.6 Å². The lowest BCUT2D eigenvalue weighted by atomic mass is 9.70. The molecule has 10 nitrogen and oxygen atoms in total. The first-order valence-electron chi connectivity index (χ1n) is 33.4. The molecule has 9 rings (SSSR count). The standard InChI is InChI=1S/C75H96N6O4/c1-5-9-13-17-19-21-23-25-27-31-51-82-63-41-33-57(34-42-63)71-78-80-73(84-71)61-39-47-69(76-55-61)59-37-45-65-66-46-38-60(54-68(66)75(67(65)53-59,49-29-15-11-7-3)50-30-16-12-8-4)70-48-40-62(56-77-70)74-81-79-72(85-74)58-35-43-64(44-36-58)83-52-32-28-26-24-22-20-18-14-10-6-2/h33-48,53-56H,5-32,49-52H2,1-4H3. The predicted molar refractivity (Wildman–Crippen MR) is 349 cm³/mol. The number of unbranched alkanes of at least 4 members (excludes halogenated alkanes) is 24. The molecule has 450 valence electrons. The van der Waals surface area contributed by atoms with Crippen LogP contribution in [-0.2, 0) is 5.41 Å². The Bertz CT molecular complexity index is 2970. The van der Waals surface area contributed by atoms with Gasteiger partial charge < -0.3 is 18.3 Å². The first kappa shape index (κ1) is 62.6. The average Bonchev–Trinajstić information content (AvgIpc) is 1.70. The molecule has 0 bridgehead atoms. The zero-order valence-corrected chi connectivity index (χ0v) is 52.0. The van der Waals surface area contributed by atoms with E-state index in [-0.39, 0.29) is 5.41 Å². The molecule has 0 spiro atoms. The second-order valence-corrected chi connectivity index (χ2v) is 24.0. The van der Waals surface area contributed by atoms with Crippen LogP contribution < -0.4 is 9.47 Å². The Labute approximate surface area is 508 Å². The maximum absolute atomic E-state index is 6.24. The van der Waals surface area contributed by atoms with Gasteiger partial charge in [0.2, 0.25) is 23.6 Å². The Morgan fingerprint density at radius 1 is 0.318 bits per heavy atom. The zero-order valence-electron chi connectivity index (χ0n) is 52.0. The summed E-state index contributed by atoms with van der Waals surface area (Å²) in [5.41, 5.74) is 12.6. The van der Waals surface area contributed by atoms with E-state index in [1.807, 2.05) is 73.1 Å². The van der Waals surface area contributed by atoms with Crippen molar-refractivity contribution >= 4 is 0 Å². The third-order valence-electron chi connectivity index (χ3n) is 17.5. The summed E-state index contributed by atoms with van der Waals surface area (Å²) in [7, 11) is 0. The maximum atomic E-state index is 6.24. The SMILES string of the molecule is CCCCCCCCCCCCOc1ccc(-c2nnc(-c3ccc(-c4ccc5c(c4)C(CCCCCC)(CCCCCC)c4cc(-c6ccc(-c7nnc(-c8ccc(OCCCCCCCCCCCC)cc8)o7)cn6)ccc4-5)nc3)o2)cc1. The second kappa shape index (κ2) is 33.7. The molecule has 0 atom stereocenters. The van der Waals surface area contributed by atoms with Crippen molar-refractivity contribution < 1.29 is 18.3 Å². The van der Waals surface area contributed by atoms with Crippen molar-refractivity contribution in [3.63, 3.8) is 0 Å². The smallest absolute Gasteiger partial charge is 0.249 e. The molecule has 4 aromatic heterocycles. The molecule has 8 aromatic rings. The molecular weight excluding hydrogens is 1050 g/mol. The van der Waals surface area contributed by atoms with Gasteiger partial charge in [-0.05, 0) is 133 Å². The van der Waals surface area contributed by atoms with Crippen LogP contribution >= 0.6 is 0 Å². The van der Waals surface area contributed by atoms with Crippen LogP contribution in [0.5, 0.6) is 11.5 Å². The van der Waals surface area contributed by atoms with Crippen LogP contribution in [0.3, 0.4) is 0 Å². The van der Waals surface area contributed by atoms with Gasteiger partial charge in [-0.15, -0.1) is 20.4 Å². The van der Waals surface area contributed by atoms with Gasteiger partial charge in [-0.3, -0.25) is 9.97 Å². The molecule has 4 heterocycles. The highest BCUT2D eigenvalue weighted by atomic mass is 16.5. The van der Waals surface area contributed by atoms with E-state index < -0.39 is 0 Å². The van der Waals surface area contributed by atoms with E-state index in [0.717, 1.165) is 95.2 Å². The lowest BCUT2D eigenvalue weighted by Gasteiger charge is -2.33. The topological polar surface area (TPSA) is 122 Å². The fraction of sp³-hybridized carbons (Fsp3) is 0.493. The van der Waals surface area contributed by atoms with Gasteiger partial charge in [0.05, 0.1) is 35.7 Å². The number of rotatable bonds is 40. The Hall–Kier alpha value is -6.94. The highest BCUT2D eigenvalue weighted by Crippen LogP contribution is 2.56. The summed E-state index contributed by atoms with van der Waals surface area (Å²) in [6.45, 7) is 10.6. The normalized spacial score (nSPS) is 12.4. The van der Waals surface area contributed by atoms with Crippen molar-refractivity contribution in [2.24, 2.45) is 0 Å². The van der Waals surface area contributed by atoms with Gasteiger partial charge in [-0.1, -0.05) is 219 Å². The largest absolute Gasteiger partial charge is 0.494 e. The number of hydrogen-bond acceptors (Lipinski definition) is 10. The molecule has 0 aliphatic heterocycles. The number of pyridine rings is 2. The molecule has 0 amide bonds. The molecule has 0 saturated carbocycles. The second-order valence-electron chi connectivity index (χ2n) is 24.0. The predicted octanol–water partition coefficient (Wildman–Crippen LogP) is 22.1. The van der Waals surface area contributed by atoms with E-state index >= 15 is 0 Å². The molecule has 0 radical (unpaired) electrons. The van der Waals surface area contributed by atoms with Crippen molar-refractivity contribution in [2.75, 3.05) is 13.2 Å². The summed E-state index contributed by atoms with van der Waals surface area (Å²) < 4.78 is 24.6. The van der Waals surface area contributed by atoms with E-state index in [2.05, 4.69) is 96.6 Å². The van der Waals surface area contributed by atoms with Crippen LogP contribution in [0.2, 0.25) is 0 Å². The van der Waals surface area contributed by atoms with Crippen LogP contribution in [0.25, 0.3) is 79.5 Å². The Morgan fingerprint density at radius 2 is 0.624 bits per heavy atom. The summed E-state index contributed by atoms with van der Waals surface area (Å²) in [5.74, 6) is 3.55. The van der Waals surface area contributed by atoms with Crippen molar-refractivity contribution in [1.82, 2.24) is 30.4 Å². The minimum atomic E-state index is -0.146. The Balaban J connectivity index is 0.842. The fourth-order valence-corrected chi connectivity index (χ4v) is 12.4. The third-order valence-corrected chi connectivity index (χ3v) is 17.5. The molecule has 1 aliphatic carbocycles. The van der Waals surface area contributed by atoms with Gasteiger partial charge in [0.15, 0.2) is 0 Å². The monoisotopic (exact) mass is 1140 g/mol. The number of hydrogen-bond donors (Lipinski definition) is 0. The van der Waals surface area contributed by atoms with Gasteiger partial charge in [0.1, 0.15) is 11.5 Å². The van der Waals surface area contributed by atoms with E-state index in [1.165, 1.54) is 189 Å². The maximum Gasteiger partial charge on any atom is 0.249 e.